The SMILES string of the molecule is CCNC(CN1CC(C)C(C)C1)c1ccccc1F. The number of benzene rings is 1. The van der Waals surface area contributed by atoms with E-state index in [9.17, 15) is 4.39 Å². The van der Waals surface area contributed by atoms with E-state index in [1.54, 1.807) is 12.1 Å². The second-order valence-corrected chi connectivity index (χ2v) is 5.80. The predicted octanol–water partition coefficient (Wildman–Crippen LogP) is 3.06. The topological polar surface area (TPSA) is 15.3 Å². The minimum Gasteiger partial charge on any atom is -0.309 e. The van der Waals surface area contributed by atoms with Crippen LogP contribution in [0.3, 0.4) is 0 Å². The molecule has 3 heteroatoms. The molecule has 0 saturated carbocycles. The van der Waals surface area contributed by atoms with Crippen molar-refractivity contribution in [1.82, 2.24) is 10.2 Å². The van der Waals surface area contributed by atoms with Crippen molar-refractivity contribution in [3.05, 3.63) is 35.6 Å². The number of nitrogens with one attached hydrogen (secondary N) is 1. The van der Waals surface area contributed by atoms with Crippen LogP contribution in [0.25, 0.3) is 0 Å². The number of likely N-dealkylation sites (N-methyl/N-ethyl adjacent to an activating group) is 1. The minimum atomic E-state index is -0.103. The Labute approximate surface area is 116 Å². The van der Waals surface area contributed by atoms with E-state index in [1.165, 1.54) is 0 Å². The Morgan fingerprint density at radius 1 is 1.26 bits per heavy atom. The molecule has 0 aliphatic carbocycles. The Kier molecular flexibility index (Phi) is 4.94. The monoisotopic (exact) mass is 264 g/mol. The Morgan fingerprint density at radius 2 is 1.89 bits per heavy atom. The van der Waals surface area contributed by atoms with Gasteiger partial charge in [-0.3, -0.25) is 0 Å². The highest BCUT2D eigenvalue weighted by atomic mass is 19.1. The summed E-state index contributed by atoms with van der Waals surface area (Å²) in [5, 5.41) is 3.41. The van der Waals surface area contributed by atoms with Crippen molar-refractivity contribution in [2.45, 2.75) is 26.8 Å². The van der Waals surface area contributed by atoms with Crippen LogP contribution >= 0.6 is 0 Å². The summed E-state index contributed by atoms with van der Waals surface area (Å²) in [6.45, 7) is 10.7. The van der Waals surface area contributed by atoms with Gasteiger partial charge >= 0.3 is 0 Å². The Bertz CT molecular complexity index is 397. The summed E-state index contributed by atoms with van der Waals surface area (Å²) < 4.78 is 13.9. The van der Waals surface area contributed by atoms with Gasteiger partial charge in [0.1, 0.15) is 5.82 Å². The van der Waals surface area contributed by atoms with E-state index in [2.05, 4.69) is 31.0 Å². The van der Waals surface area contributed by atoms with Crippen molar-refractivity contribution in [2.24, 2.45) is 11.8 Å². The molecule has 0 aromatic heterocycles. The summed E-state index contributed by atoms with van der Waals surface area (Å²) in [6, 6.07) is 7.20. The number of hydrogen-bond donors (Lipinski definition) is 1. The highest BCUT2D eigenvalue weighted by Crippen LogP contribution is 2.25. The van der Waals surface area contributed by atoms with Crippen LogP contribution in [-0.2, 0) is 0 Å². The van der Waals surface area contributed by atoms with Crippen LogP contribution in [0, 0.1) is 17.7 Å². The highest BCUT2D eigenvalue weighted by Gasteiger charge is 2.28. The normalized spacial score (nSPS) is 25.7. The molecule has 0 amide bonds. The lowest BCUT2D eigenvalue weighted by molar-refractivity contribution is 0.280. The minimum absolute atomic E-state index is 0.0868. The lowest BCUT2D eigenvalue weighted by Gasteiger charge is -2.25. The van der Waals surface area contributed by atoms with Crippen LogP contribution < -0.4 is 5.32 Å². The second-order valence-electron chi connectivity index (χ2n) is 5.80. The average Bonchev–Trinajstić information content (AvgIpc) is 2.68. The fourth-order valence-corrected chi connectivity index (χ4v) is 2.93. The molecule has 1 N–H and O–H groups in total. The molecule has 1 heterocycles. The van der Waals surface area contributed by atoms with Gasteiger partial charge in [-0.05, 0) is 24.4 Å². The Morgan fingerprint density at radius 3 is 2.47 bits per heavy atom. The van der Waals surface area contributed by atoms with Gasteiger partial charge in [0.25, 0.3) is 0 Å². The summed E-state index contributed by atoms with van der Waals surface area (Å²) >= 11 is 0. The summed E-state index contributed by atoms with van der Waals surface area (Å²) in [7, 11) is 0. The number of halogens is 1. The van der Waals surface area contributed by atoms with Crippen LogP contribution in [-0.4, -0.2) is 31.1 Å². The van der Waals surface area contributed by atoms with Gasteiger partial charge in [-0.2, -0.15) is 0 Å². The molecular formula is C16H25FN2. The molecule has 19 heavy (non-hydrogen) atoms. The summed E-state index contributed by atoms with van der Waals surface area (Å²) in [5.41, 5.74) is 0.788. The molecule has 2 rings (SSSR count). The van der Waals surface area contributed by atoms with Crippen LogP contribution in [0.5, 0.6) is 0 Å². The van der Waals surface area contributed by atoms with Crippen LogP contribution in [0.1, 0.15) is 32.4 Å². The van der Waals surface area contributed by atoms with Gasteiger partial charge < -0.3 is 10.2 Å². The molecule has 1 saturated heterocycles. The van der Waals surface area contributed by atoms with Gasteiger partial charge in [0.2, 0.25) is 0 Å². The first-order valence-corrected chi connectivity index (χ1v) is 7.32. The first-order chi connectivity index (χ1) is 9.11. The molecule has 3 atom stereocenters. The van der Waals surface area contributed by atoms with Crippen LogP contribution in [0.2, 0.25) is 0 Å². The second kappa shape index (κ2) is 6.49. The lowest BCUT2D eigenvalue weighted by atomic mass is 10.0. The summed E-state index contributed by atoms with van der Waals surface area (Å²) in [4.78, 5) is 2.45. The Hall–Kier alpha value is -0.930. The van der Waals surface area contributed by atoms with Gasteiger partial charge in [-0.15, -0.1) is 0 Å². The number of rotatable bonds is 5. The summed E-state index contributed by atoms with van der Waals surface area (Å²) in [5.74, 6) is 1.37. The van der Waals surface area contributed by atoms with E-state index in [0.29, 0.717) is 0 Å². The molecule has 1 fully saturated rings. The fourth-order valence-electron chi connectivity index (χ4n) is 2.93. The molecule has 1 aromatic rings. The maximum absolute atomic E-state index is 13.9. The van der Waals surface area contributed by atoms with Gasteiger partial charge in [0.15, 0.2) is 0 Å². The lowest BCUT2D eigenvalue weighted by Crippen LogP contribution is -2.34. The maximum atomic E-state index is 13.9. The third-order valence-corrected chi connectivity index (χ3v) is 4.24. The average molecular weight is 264 g/mol. The zero-order chi connectivity index (χ0) is 13.8. The van der Waals surface area contributed by atoms with E-state index in [0.717, 1.165) is 43.6 Å². The van der Waals surface area contributed by atoms with Crippen molar-refractivity contribution in [3.8, 4) is 0 Å². The van der Waals surface area contributed by atoms with Crippen molar-refractivity contribution in [2.75, 3.05) is 26.2 Å². The smallest absolute Gasteiger partial charge is 0.128 e. The van der Waals surface area contributed by atoms with Gasteiger partial charge in [0.05, 0.1) is 0 Å². The number of nitrogens with zero attached hydrogens (tertiary/aromatic N) is 1. The quantitative estimate of drug-likeness (QED) is 0.879. The van der Waals surface area contributed by atoms with Gasteiger partial charge in [-0.1, -0.05) is 39.0 Å². The van der Waals surface area contributed by atoms with Gasteiger partial charge in [0, 0.05) is 31.2 Å². The predicted molar refractivity (Wildman–Crippen MR) is 77.6 cm³/mol. The largest absolute Gasteiger partial charge is 0.309 e. The molecule has 0 radical (unpaired) electrons. The first kappa shape index (κ1) is 14.5. The zero-order valence-corrected chi connectivity index (χ0v) is 12.2. The van der Waals surface area contributed by atoms with Crippen molar-refractivity contribution >= 4 is 0 Å². The fraction of sp³-hybridized carbons (Fsp3) is 0.625. The number of hydrogen-bond acceptors (Lipinski definition) is 2. The molecule has 0 spiro atoms. The molecule has 3 unspecified atom stereocenters. The molecule has 106 valence electrons. The molecular weight excluding hydrogens is 239 g/mol. The van der Waals surface area contributed by atoms with E-state index < -0.39 is 0 Å². The van der Waals surface area contributed by atoms with E-state index >= 15 is 0 Å². The van der Waals surface area contributed by atoms with E-state index in [4.69, 9.17) is 0 Å². The first-order valence-electron chi connectivity index (χ1n) is 7.32. The van der Waals surface area contributed by atoms with E-state index in [-0.39, 0.29) is 11.9 Å². The van der Waals surface area contributed by atoms with Crippen LogP contribution in [0.15, 0.2) is 24.3 Å². The zero-order valence-electron chi connectivity index (χ0n) is 12.2. The van der Waals surface area contributed by atoms with Crippen molar-refractivity contribution < 1.29 is 4.39 Å². The van der Waals surface area contributed by atoms with Crippen molar-refractivity contribution in [1.29, 1.82) is 0 Å². The third-order valence-electron chi connectivity index (χ3n) is 4.24. The summed E-state index contributed by atoms with van der Waals surface area (Å²) in [6.07, 6.45) is 0. The molecule has 0 bridgehead atoms. The number of likely N-dealkylation sites (tertiary alicyclic amines) is 1. The molecule has 1 aliphatic rings. The van der Waals surface area contributed by atoms with Crippen LogP contribution in [0.4, 0.5) is 4.39 Å². The van der Waals surface area contributed by atoms with Gasteiger partial charge in [-0.25, -0.2) is 4.39 Å². The maximum Gasteiger partial charge on any atom is 0.128 e. The standard InChI is InChI=1S/C16H25FN2/c1-4-18-16(14-7-5-6-8-15(14)17)11-19-9-12(2)13(3)10-19/h5-8,12-13,16,18H,4,9-11H2,1-3H3. The van der Waals surface area contributed by atoms with Crippen molar-refractivity contribution in [3.63, 3.8) is 0 Å². The molecule has 1 aliphatic heterocycles. The highest BCUT2D eigenvalue weighted by molar-refractivity contribution is 5.21. The third kappa shape index (κ3) is 3.54. The molecule has 1 aromatic carbocycles. The Balaban J connectivity index is 2.07. The van der Waals surface area contributed by atoms with E-state index in [1.807, 2.05) is 12.1 Å². The molecule has 2 nitrogen and oxygen atoms in total.